The first-order chi connectivity index (χ1) is 9.72. The highest BCUT2D eigenvalue weighted by atomic mass is 16.5. The van der Waals surface area contributed by atoms with Crippen LogP contribution in [0.3, 0.4) is 0 Å². The van der Waals surface area contributed by atoms with E-state index in [0.29, 0.717) is 23.3 Å². The van der Waals surface area contributed by atoms with E-state index in [-0.39, 0.29) is 23.7 Å². The van der Waals surface area contributed by atoms with Crippen molar-refractivity contribution in [2.45, 2.75) is 19.3 Å². The maximum absolute atomic E-state index is 12.7. The molecule has 2 bridgehead atoms. The number of imide groups is 1. The van der Waals surface area contributed by atoms with Crippen LogP contribution in [0.4, 0.5) is 5.69 Å². The van der Waals surface area contributed by atoms with Crippen LogP contribution in [-0.2, 0) is 9.59 Å². The second-order valence-electron chi connectivity index (χ2n) is 6.07. The SMILES string of the molecule is COc1ccccc1N1C(=O)[C@@H]2[C@@H]3CC[C@H](C3)[C@@H]2C1=O. The van der Waals surface area contributed by atoms with Gasteiger partial charge in [0.25, 0.3) is 0 Å². The number of benzene rings is 1. The predicted molar refractivity (Wildman–Crippen MR) is 73.3 cm³/mol. The Morgan fingerprint density at radius 1 is 1.05 bits per heavy atom. The van der Waals surface area contributed by atoms with E-state index in [1.54, 1.807) is 19.2 Å². The minimum absolute atomic E-state index is 0.0169. The van der Waals surface area contributed by atoms with Crippen LogP contribution in [0.1, 0.15) is 19.3 Å². The quantitative estimate of drug-likeness (QED) is 0.775. The van der Waals surface area contributed by atoms with Crippen molar-refractivity contribution < 1.29 is 14.3 Å². The molecule has 3 aliphatic rings. The Kier molecular flexibility index (Phi) is 2.43. The van der Waals surface area contributed by atoms with E-state index in [9.17, 15) is 9.59 Å². The normalized spacial score (nSPS) is 34.8. The molecular weight excluding hydrogens is 254 g/mol. The van der Waals surface area contributed by atoms with Crippen molar-refractivity contribution in [2.75, 3.05) is 12.0 Å². The zero-order valence-corrected chi connectivity index (χ0v) is 11.4. The second kappa shape index (κ2) is 4.08. The minimum atomic E-state index is -0.0776. The molecule has 0 unspecified atom stereocenters. The van der Waals surface area contributed by atoms with Crippen molar-refractivity contribution in [3.05, 3.63) is 24.3 Å². The lowest BCUT2D eigenvalue weighted by molar-refractivity contribution is -0.123. The Morgan fingerprint density at radius 3 is 2.25 bits per heavy atom. The number of para-hydroxylation sites is 2. The number of fused-ring (bicyclic) bond motifs is 5. The summed E-state index contributed by atoms with van der Waals surface area (Å²) in [5.41, 5.74) is 0.596. The summed E-state index contributed by atoms with van der Waals surface area (Å²) in [5.74, 6) is 1.23. The molecule has 0 N–H and O–H groups in total. The number of methoxy groups -OCH3 is 1. The molecule has 4 rings (SSSR count). The Balaban J connectivity index is 1.77. The van der Waals surface area contributed by atoms with Gasteiger partial charge in [-0.1, -0.05) is 12.1 Å². The molecule has 3 fully saturated rings. The largest absolute Gasteiger partial charge is 0.495 e. The lowest BCUT2D eigenvalue weighted by atomic mass is 9.81. The molecule has 0 aromatic heterocycles. The highest BCUT2D eigenvalue weighted by Gasteiger charge is 2.61. The van der Waals surface area contributed by atoms with Gasteiger partial charge in [0.2, 0.25) is 11.8 Å². The third-order valence-electron chi connectivity index (χ3n) is 5.25. The molecule has 1 aromatic rings. The maximum atomic E-state index is 12.7. The number of amides is 2. The van der Waals surface area contributed by atoms with Gasteiger partial charge in [-0.25, -0.2) is 4.90 Å². The fourth-order valence-electron chi connectivity index (χ4n) is 4.46. The second-order valence-corrected chi connectivity index (χ2v) is 6.07. The molecule has 4 atom stereocenters. The van der Waals surface area contributed by atoms with E-state index in [2.05, 4.69) is 0 Å². The molecule has 4 heteroatoms. The van der Waals surface area contributed by atoms with E-state index < -0.39 is 0 Å². The van der Waals surface area contributed by atoms with Crippen LogP contribution in [-0.4, -0.2) is 18.9 Å². The average Bonchev–Trinajstić information content (AvgIpc) is 3.13. The summed E-state index contributed by atoms with van der Waals surface area (Å²) < 4.78 is 5.30. The molecular formula is C16H17NO3. The van der Waals surface area contributed by atoms with E-state index in [4.69, 9.17) is 4.74 Å². The third kappa shape index (κ3) is 1.37. The molecule has 2 saturated carbocycles. The van der Waals surface area contributed by atoms with Crippen LogP contribution in [0.25, 0.3) is 0 Å². The first kappa shape index (κ1) is 11.9. The zero-order chi connectivity index (χ0) is 13.9. The standard InChI is InChI=1S/C16H17NO3/c1-20-12-5-3-2-4-11(12)17-15(18)13-9-6-7-10(8-9)14(13)16(17)19/h2-5,9-10,13-14H,6-8H2,1H3/t9-,10-,13-,14+/m1/s1. The number of nitrogens with zero attached hydrogens (tertiary/aromatic N) is 1. The van der Waals surface area contributed by atoms with Crippen molar-refractivity contribution in [1.82, 2.24) is 0 Å². The fraction of sp³-hybridized carbons (Fsp3) is 0.500. The number of rotatable bonds is 2. The number of anilines is 1. The van der Waals surface area contributed by atoms with Crippen LogP contribution in [0, 0.1) is 23.7 Å². The summed E-state index contributed by atoms with van der Waals surface area (Å²) in [7, 11) is 1.56. The number of ether oxygens (including phenoxy) is 1. The number of hydrogen-bond acceptors (Lipinski definition) is 3. The summed E-state index contributed by atoms with van der Waals surface area (Å²) >= 11 is 0. The Bertz CT molecular complexity index is 569. The summed E-state index contributed by atoms with van der Waals surface area (Å²) in [6.07, 6.45) is 3.27. The molecule has 0 spiro atoms. The van der Waals surface area contributed by atoms with Crippen LogP contribution in [0.15, 0.2) is 24.3 Å². The number of carbonyl (C=O) groups excluding carboxylic acids is 2. The summed E-state index contributed by atoms with van der Waals surface area (Å²) in [6, 6.07) is 7.26. The van der Waals surface area contributed by atoms with E-state index >= 15 is 0 Å². The molecule has 4 nitrogen and oxygen atoms in total. The fourth-order valence-corrected chi connectivity index (χ4v) is 4.46. The molecule has 1 heterocycles. The Labute approximate surface area is 117 Å². The van der Waals surface area contributed by atoms with E-state index in [1.165, 1.54) is 4.90 Å². The van der Waals surface area contributed by atoms with Gasteiger partial charge < -0.3 is 4.74 Å². The first-order valence-electron chi connectivity index (χ1n) is 7.23. The van der Waals surface area contributed by atoms with Crippen LogP contribution in [0.2, 0.25) is 0 Å². The van der Waals surface area contributed by atoms with Gasteiger partial charge in [-0.3, -0.25) is 9.59 Å². The topological polar surface area (TPSA) is 46.6 Å². The van der Waals surface area contributed by atoms with Crippen molar-refractivity contribution in [3.8, 4) is 5.75 Å². The highest BCUT2D eigenvalue weighted by molar-refractivity contribution is 6.23. The predicted octanol–water partition coefficient (Wildman–Crippen LogP) is 2.23. The molecule has 20 heavy (non-hydrogen) atoms. The number of carbonyl (C=O) groups is 2. The molecule has 1 aliphatic heterocycles. The van der Waals surface area contributed by atoms with Gasteiger partial charge in [0, 0.05) is 0 Å². The molecule has 2 amide bonds. The van der Waals surface area contributed by atoms with Gasteiger partial charge >= 0.3 is 0 Å². The Morgan fingerprint density at radius 2 is 1.65 bits per heavy atom. The van der Waals surface area contributed by atoms with E-state index in [0.717, 1.165) is 19.3 Å². The van der Waals surface area contributed by atoms with Crippen molar-refractivity contribution in [2.24, 2.45) is 23.7 Å². The van der Waals surface area contributed by atoms with Crippen LogP contribution >= 0.6 is 0 Å². The lowest BCUT2D eigenvalue weighted by Crippen LogP contribution is -2.33. The molecule has 1 saturated heterocycles. The summed E-state index contributed by atoms with van der Waals surface area (Å²) in [4.78, 5) is 26.8. The summed E-state index contributed by atoms with van der Waals surface area (Å²) in [5, 5.41) is 0. The van der Waals surface area contributed by atoms with Crippen molar-refractivity contribution in [1.29, 1.82) is 0 Å². The van der Waals surface area contributed by atoms with Crippen LogP contribution < -0.4 is 9.64 Å². The summed E-state index contributed by atoms with van der Waals surface area (Å²) in [6.45, 7) is 0. The van der Waals surface area contributed by atoms with Crippen LogP contribution in [0.5, 0.6) is 5.75 Å². The third-order valence-corrected chi connectivity index (χ3v) is 5.25. The lowest BCUT2D eigenvalue weighted by Gasteiger charge is -2.19. The van der Waals surface area contributed by atoms with Gasteiger partial charge in [0.15, 0.2) is 0 Å². The van der Waals surface area contributed by atoms with E-state index in [1.807, 2.05) is 12.1 Å². The van der Waals surface area contributed by atoms with Crippen molar-refractivity contribution in [3.63, 3.8) is 0 Å². The monoisotopic (exact) mass is 271 g/mol. The molecule has 0 radical (unpaired) electrons. The van der Waals surface area contributed by atoms with Gasteiger partial charge in [0.05, 0.1) is 24.6 Å². The van der Waals surface area contributed by atoms with Gasteiger partial charge in [0.1, 0.15) is 5.75 Å². The van der Waals surface area contributed by atoms with Gasteiger partial charge in [-0.15, -0.1) is 0 Å². The number of hydrogen-bond donors (Lipinski definition) is 0. The Hall–Kier alpha value is -1.84. The molecule has 104 valence electrons. The first-order valence-corrected chi connectivity index (χ1v) is 7.23. The van der Waals surface area contributed by atoms with Gasteiger partial charge in [-0.05, 0) is 43.2 Å². The van der Waals surface area contributed by atoms with Crippen molar-refractivity contribution >= 4 is 17.5 Å². The smallest absolute Gasteiger partial charge is 0.238 e. The van der Waals surface area contributed by atoms with Gasteiger partial charge in [-0.2, -0.15) is 0 Å². The highest BCUT2D eigenvalue weighted by Crippen LogP contribution is 2.57. The maximum Gasteiger partial charge on any atom is 0.238 e. The minimum Gasteiger partial charge on any atom is -0.495 e. The molecule has 1 aromatic carbocycles. The average molecular weight is 271 g/mol. The zero-order valence-electron chi connectivity index (χ0n) is 11.4. The molecule has 2 aliphatic carbocycles.